The van der Waals surface area contributed by atoms with Crippen LogP contribution in [-0.4, -0.2) is 17.1 Å². The predicted molar refractivity (Wildman–Crippen MR) is 79.9 cm³/mol. The molecular formula is C15H19N3OS. The number of anilines is 1. The first-order valence-corrected chi connectivity index (χ1v) is 8.23. The zero-order valence-electron chi connectivity index (χ0n) is 11.4. The lowest BCUT2D eigenvalue weighted by molar-refractivity contribution is 0.501. The van der Waals surface area contributed by atoms with Gasteiger partial charge >= 0.3 is 0 Å². The summed E-state index contributed by atoms with van der Waals surface area (Å²) >= 11 is 1.75. The second kappa shape index (κ2) is 5.22. The SMILES string of the molecule is c1coc(CN(c2nc(CNC3CC3)cs2)C2CC2)c1. The molecule has 0 aromatic carbocycles. The third-order valence-corrected chi connectivity index (χ3v) is 4.75. The molecule has 0 spiro atoms. The lowest BCUT2D eigenvalue weighted by atomic mass is 10.4. The van der Waals surface area contributed by atoms with Gasteiger partial charge in [0, 0.05) is 24.0 Å². The van der Waals surface area contributed by atoms with Crippen molar-refractivity contribution in [3.8, 4) is 0 Å². The Hall–Kier alpha value is -1.33. The maximum atomic E-state index is 5.48. The van der Waals surface area contributed by atoms with Crippen molar-refractivity contribution in [3.05, 3.63) is 35.2 Å². The second-order valence-electron chi connectivity index (χ2n) is 5.72. The van der Waals surface area contributed by atoms with Gasteiger partial charge in [-0.3, -0.25) is 0 Å². The summed E-state index contributed by atoms with van der Waals surface area (Å²) < 4.78 is 5.48. The van der Waals surface area contributed by atoms with E-state index in [1.165, 1.54) is 31.4 Å². The summed E-state index contributed by atoms with van der Waals surface area (Å²) in [4.78, 5) is 7.19. The molecule has 2 aromatic rings. The van der Waals surface area contributed by atoms with Crippen molar-refractivity contribution in [1.29, 1.82) is 0 Å². The van der Waals surface area contributed by atoms with Gasteiger partial charge in [-0.15, -0.1) is 11.3 Å². The molecule has 0 unspecified atom stereocenters. The minimum Gasteiger partial charge on any atom is -0.467 e. The molecular weight excluding hydrogens is 270 g/mol. The van der Waals surface area contributed by atoms with Crippen molar-refractivity contribution >= 4 is 16.5 Å². The number of aromatic nitrogens is 1. The summed E-state index contributed by atoms with van der Waals surface area (Å²) in [7, 11) is 0. The van der Waals surface area contributed by atoms with E-state index >= 15 is 0 Å². The molecule has 2 heterocycles. The molecule has 2 fully saturated rings. The van der Waals surface area contributed by atoms with Crippen LogP contribution in [0.15, 0.2) is 28.2 Å². The highest BCUT2D eigenvalue weighted by Crippen LogP contribution is 2.35. The molecule has 2 aliphatic rings. The van der Waals surface area contributed by atoms with E-state index in [0.717, 1.165) is 30.0 Å². The van der Waals surface area contributed by atoms with Gasteiger partial charge in [0.1, 0.15) is 5.76 Å². The van der Waals surface area contributed by atoms with Gasteiger partial charge < -0.3 is 14.6 Å². The Balaban J connectivity index is 1.45. The highest BCUT2D eigenvalue weighted by atomic mass is 32.1. The molecule has 20 heavy (non-hydrogen) atoms. The molecule has 4 rings (SSSR count). The average molecular weight is 289 g/mol. The Labute approximate surface area is 122 Å². The van der Waals surface area contributed by atoms with Gasteiger partial charge in [-0.25, -0.2) is 4.98 Å². The topological polar surface area (TPSA) is 41.3 Å². The summed E-state index contributed by atoms with van der Waals surface area (Å²) in [5, 5.41) is 6.84. The van der Waals surface area contributed by atoms with Gasteiger partial charge in [0.15, 0.2) is 5.13 Å². The van der Waals surface area contributed by atoms with Crippen molar-refractivity contribution in [2.45, 2.75) is 50.9 Å². The first-order valence-electron chi connectivity index (χ1n) is 7.35. The van der Waals surface area contributed by atoms with Crippen LogP contribution < -0.4 is 10.2 Å². The van der Waals surface area contributed by atoms with Crippen molar-refractivity contribution in [1.82, 2.24) is 10.3 Å². The lowest BCUT2D eigenvalue weighted by Gasteiger charge is -2.19. The molecule has 2 aromatic heterocycles. The molecule has 0 amide bonds. The fourth-order valence-electron chi connectivity index (χ4n) is 2.36. The molecule has 0 saturated heterocycles. The first-order chi connectivity index (χ1) is 9.88. The number of hydrogen-bond acceptors (Lipinski definition) is 5. The van der Waals surface area contributed by atoms with Gasteiger partial charge in [-0.2, -0.15) is 0 Å². The monoisotopic (exact) mass is 289 g/mol. The Bertz CT molecular complexity index is 557. The molecule has 1 N–H and O–H groups in total. The summed E-state index contributed by atoms with van der Waals surface area (Å²) in [5.41, 5.74) is 1.17. The maximum Gasteiger partial charge on any atom is 0.186 e. The van der Waals surface area contributed by atoms with Crippen molar-refractivity contribution in [3.63, 3.8) is 0 Å². The third kappa shape index (κ3) is 2.88. The highest BCUT2D eigenvalue weighted by molar-refractivity contribution is 7.13. The molecule has 0 aliphatic heterocycles. The number of thiazole rings is 1. The second-order valence-corrected chi connectivity index (χ2v) is 6.55. The Morgan fingerprint density at radius 2 is 2.25 bits per heavy atom. The standard InChI is InChI=1S/C15H19N3OS/c1-2-14(19-7-1)9-18(13-5-6-13)15-17-12(10-20-15)8-16-11-3-4-11/h1-2,7,10-11,13,16H,3-6,8-9H2. The van der Waals surface area contributed by atoms with Crippen LogP contribution in [0.5, 0.6) is 0 Å². The Morgan fingerprint density at radius 1 is 1.35 bits per heavy atom. The number of rotatable bonds is 7. The third-order valence-electron chi connectivity index (χ3n) is 3.83. The molecule has 0 radical (unpaired) electrons. The van der Waals surface area contributed by atoms with E-state index in [9.17, 15) is 0 Å². The van der Waals surface area contributed by atoms with Gasteiger partial charge in [0.2, 0.25) is 0 Å². The van der Waals surface area contributed by atoms with Crippen LogP contribution in [0.2, 0.25) is 0 Å². The molecule has 0 bridgehead atoms. The van der Waals surface area contributed by atoms with Gasteiger partial charge in [0.25, 0.3) is 0 Å². The first kappa shape index (κ1) is 12.4. The van der Waals surface area contributed by atoms with Crippen LogP contribution in [0.4, 0.5) is 5.13 Å². The predicted octanol–water partition coefficient (Wildman–Crippen LogP) is 3.16. The average Bonchev–Trinajstić information content (AvgIpc) is 3.37. The van der Waals surface area contributed by atoms with E-state index in [1.807, 2.05) is 12.1 Å². The van der Waals surface area contributed by atoms with Crippen LogP contribution in [0.1, 0.15) is 37.1 Å². The van der Waals surface area contributed by atoms with Crippen LogP contribution in [0.25, 0.3) is 0 Å². The molecule has 4 nitrogen and oxygen atoms in total. The molecule has 0 atom stereocenters. The van der Waals surface area contributed by atoms with Crippen LogP contribution in [-0.2, 0) is 13.1 Å². The maximum absolute atomic E-state index is 5.48. The number of nitrogens with zero attached hydrogens (tertiary/aromatic N) is 2. The van der Waals surface area contributed by atoms with E-state index in [1.54, 1.807) is 17.6 Å². The minimum absolute atomic E-state index is 0.649. The van der Waals surface area contributed by atoms with Crippen LogP contribution in [0.3, 0.4) is 0 Å². The smallest absolute Gasteiger partial charge is 0.186 e. The molecule has 106 valence electrons. The quantitative estimate of drug-likeness (QED) is 0.850. The van der Waals surface area contributed by atoms with Gasteiger partial charge in [0.05, 0.1) is 18.5 Å². The summed E-state index contributed by atoms with van der Waals surface area (Å²) in [6.45, 7) is 1.74. The summed E-state index contributed by atoms with van der Waals surface area (Å²) in [6, 6.07) is 5.38. The van der Waals surface area contributed by atoms with Crippen LogP contribution >= 0.6 is 11.3 Å². The van der Waals surface area contributed by atoms with Crippen molar-refractivity contribution in [2.75, 3.05) is 4.90 Å². The lowest BCUT2D eigenvalue weighted by Crippen LogP contribution is -2.24. The Kier molecular flexibility index (Phi) is 3.24. The molecule has 2 aliphatic carbocycles. The zero-order chi connectivity index (χ0) is 13.4. The Morgan fingerprint density at radius 3 is 2.95 bits per heavy atom. The summed E-state index contributed by atoms with van der Waals surface area (Å²) in [5.74, 6) is 1.02. The number of furan rings is 1. The van der Waals surface area contributed by atoms with Crippen LogP contribution in [0, 0.1) is 0 Å². The normalized spacial score (nSPS) is 18.4. The minimum atomic E-state index is 0.649. The van der Waals surface area contributed by atoms with Gasteiger partial charge in [-0.1, -0.05) is 0 Å². The zero-order valence-corrected chi connectivity index (χ0v) is 12.2. The number of nitrogens with one attached hydrogen (secondary N) is 1. The van der Waals surface area contributed by atoms with E-state index < -0.39 is 0 Å². The fraction of sp³-hybridized carbons (Fsp3) is 0.533. The molecule has 5 heteroatoms. The number of hydrogen-bond donors (Lipinski definition) is 1. The molecule has 2 saturated carbocycles. The van der Waals surface area contributed by atoms with Crippen molar-refractivity contribution in [2.24, 2.45) is 0 Å². The largest absolute Gasteiger partial charge is 0.467 e. The van der Waals surface area contributed by atoms with E-state index in [2.05, 4.69) is 15.6 Å². The van der Waals surface area contributed by atoms with E-state index in [-0.39, 0.29) is 0 Å². The van der Waals surface area contributed by atoms with Gasteiger partial charge in [-0.05, 0) is 37.8 Å². The highest BCUT2D eigenvalue weighted by Gasteiger charge is 2.31. The summed E-state index contributed by atoms with van der Waals surface area (Å²) in [6.07, 6.45) is 6.94. The fourth-order valence-corrected chi connectivity index (χ4v) is 3.25. The van der Waals surface area contributed by atoms with E-state index in [0.29, 0.717) is 6.04 Å². The van der Waals surface area contributed by atoms with Crippen molar-refractivity contribution < 1.29 is 4.42 Å². The van der Waals surface area contributed by atoms with E-state index in [4.69, 9.17) is 9.40 Å².